The third kappa shape index (κ3) is 4.66. The van der Waals surface area contributed by atoms with Gasteiger partial charge in [-0.1, -0.05) is 32.0 Å². The molecule has 2 rings (SSSR count). The zero-order valence-electron chi connectivity index (χ0n) is 13.8. The summed E-state index contributed by atoms with van der Waals surface area (Å²) >= 11 is 0. The van der Waals surface area contributed by atoms with Crippen molar-refractivity contribution in [2.24, 2.45) is 11.7 Å². The van der Waals surface area contributed by atoms with E-state index in [-0.39, 0.29) is 30.2 Å². The van der Waals surface area contributed by atoms with Crippen LogP contribution in [0.2, 0.25) is 0 Å². The highest BCUT2D eigenvalue weighted by Crippen LogP contribution is 2.21. The summed E-state index contributed by atoms with van der Waals surface area (Å²) < 4.78 is 13.3. The van der Waals surface area contributed by atoms with Crippen LogP contribution in [0.1, 0.15) is 30.6 Å². The van der Waals surface area contributed by atoms with Gasteiger partial charge in [-0.25, -0.2) is 4.39 Å². The average Bonchev–Trinajstić information content (AvgIpc) is 2.50. The molecule has 3 nitrogen and oxygen atoms in total. The van der Waals surface area contributed by atoms with E-state index in [1.807, 2.05) is 6.07 Å². The second-order valence-corrected chi connectivity index (χ2v) is 6.09. The van der Waals surface area contributed by atoms with Crippen molar-refractivity contribution in [2.45, 2.75) is 26.3 Å². The largest absolute Gasteiger partial charge is 0.342 e. The molecule has 1 unspecified atom stereocenters. The standard InChI is InChI=1S/C18H23FN2O.ClH/c1-12(2)17(20)9-10-21(3)18(22)16-6-4-5-13-11-14(19)7-8-15(13)16;/h4-8,11-12,17H,9-10,20H2,1-3H3;1H. The van der Waals surface area contributed by atoms with Gasteiger partial charge in [0.1, 0.15) is 5.82 Å². The molecule has 0 saturated heterocycles. The first-order valence-corrected chi connectivity index (χ1v) is 7.59. The second kappa shape index (κ2) is 8.27. The average molecular weight is 339 g/mol. The van der Waals surface area contributed by atoms with Crippen LogP contribution in [-0.2, 0) is 0 Å². The fourth-order valence-electron chi connectivity index (χ4n) is 2.42. The van der Waals surface area contributed by atoms with Crippen LogP contribution < -0.4 is 5.73 Å². The van der Waals surface area contributed by atoms with Gasteiger partial charge in [0, 0.05) is 25.2 Å². The fraction of sp³-hybridized carbons (Fsp3) is 0.389. The van der Waals surface area contributed by atoms with Gasteiger partial charge in [-0.15, -0.1) is 12.4 Å². The van der Waals surface area contributed by atoms with E-state index in [1.54, 1.807) is 30.1 Å². The Morgan fingerprint density at radius 2 is 1.96 bits per heavy atom. The zero-order chi connectivity index (χ0) is 16.3. The summed E-state index contributed by atoms with van der Waals surface area (Å²) in [6.45, 7) is 4.76. The molecule has 0 spiro atoms. The molecule has 0 aliphatic carbocycles. The third-order valence-corrected chi connectivity index (χ3v) is 4.07. The number of carbonyl (C=O) groups is 1. The minimum absolute atomic E-state index is 0. The van der Waals surface area contributed by atoms with Crippen molar-refractivity contribution in [3.63, 3.8) is 0 Å². The van der Waals surface area contributed by atoms with Gasteiger partial charge in [0.2, 0.25) is 0 Å². The van der Waals surface area contributed by atoms with Gasteiger partial charge in [-0.2, -0.15) is 0 Å². The Balaban J connectivity index is 0.00000264. The molecule has 0 fully saturated rings. The fourth-order valence-corrected chi connectivity index (χ4v) is 2.42. The van der Waals surface area contributed by atoms with Gasteiger partial charge in [0.05, 0.1) is 0 Å². The van der Waals surface area contributed by atoms with Crippen molar-refractivity contribution in [3.05, 3.63) is 47.8 Å². The lowest BCUT2D eigenvalue weighted by molar-refractivity contribution is 0.0791. The van der Waals surface area contributed by atoms with E-state index < -0.39 is 0 Å². The first-order chi connectivity index (χ1) is 10.4. The maximum Gasteiger partial charge on any atom is 0.254 e. The molecule has 2 aromatic rings. The predicted octanol–water partition coefficient (Wildman–Crippen LogP) is 3.85. The molecule has 2 N–H and O–H groups in total. The monoisotopic (exact) mass is 338 g/mol. The Kier molecular flexibility index (Phi) is 6.98. The summed E-state index contributed by atoms with van der Waals surface area (Å²) in [5.41, 5.74) is 6.63. The molecular weight excluding hydrogens is 315 g/mol. The molecular formula is C18H24ClFN2O. The van der Waals surface area contributed by atoms with E-state index in [1.165, 1.54) is 12.1 Å². The first kappa shape index (κ1) is 19.4. The number of benzene rings is 2. The highest BCUT2D eigenvalue weighted by atomic mass is 35.5. The van der Waals surface area contributed by atoms with E-state index in [9.17, 15) is 9.18 Å². The van der Waals surface area contributed by atoms with Crippen molar-refractivity contribution in [1.82, 2.24) is 4.90 Å². The molecule has 0 heterocycles. The molecule has 1 atom stereocenters. The molecule has 0 aliphatic rings. The maximum absolute atomic E-state index is 13.3. The van der Waals surface area contributed by atoms with Gasteiger partial charge < -0.3 is 10.6 Å². The Morgan fingerprint density at radius 1 is 1.26 bits per heavy atom. The Morgan fingerprint density at radius 3 is 2.61 bits per heavy atom. The summed E-state index contributed by atoms with van der Waals surface area (Å²) in [7, 11) is 1.78. The second-order valence-electron chi connectivity index (χ2n) is 6.09. The molecule has 23 heavy (non-hydrogen) atoms. The van der Waals surface area contributed by atoms with Gasteiger partial charge in [0.25, 0.3) is 5.91 Å². The smallest absolute Gasteiger partial charge is 0.254 e. The number of rotatable bonds is 5. The van der Waals surface area contributed by atoms with Gasteiger partial charge in [-0.05, 0) is 41.3 Å². The van der Waals surface area contributed by atoms with E-state index in [0.717, 1.165) is 17.2 Å². The molecule has 126 valence electrons. The number of halogens is 2. The normalized spacial score (nSPS) is 12.1. The van der Waals surface area contributed by atoms with E-state index in [2.05, 4.69) is 13.8 Å². The van der Waals surface area contributed by atoms with Gasteiger partial charge in [0.15, 0.2) is 0 Å². The zero-order valence-corrected chi connectivity index (χ0v) is 14.6. The number of hydrogen-bond acceptors (Lipinski definition) is 2. The predicted molar refractivity (Wildman–Crippen MR) is 95.5 cm³/mol. The highest BCUT2D eigenvalue weighted by molar-refractivity contribution is 6.06. The minimum atomic E-state index is -0.298. The number of carbonyl (C=O) groups excluding carboxylic acids is 1. The van der Waals surface area contributed by atoms with E-state index in [4.69, 9.17) is 5.73 Å². The van der Waals surface area contributed by atoms with Crippen LogP contribution in [0.15, 0.2) is 36.4 Å². The number of amides is 1. The summed E-state index contributed by atoms with van der Waals surface area (Å²) in [4.78, 5) is 14.3. The molecule has 0 bridgehead atoms. The Hall–Kier alpha value is -1.65. The van der Waals surface area contributed by atoms with Gasteiger partial charge >= 0.3 is 0 Å². The third-order valence-electron chi connectivity index (χ3n) is 4.07. The van der Waals surface area contributed by atoms with Crippen LogP contribution in [0, 0.1) is 11.7 Å². The molecule has 0 radical (unpaired) electrons. The van der Waals surface area contributed by atoms with Crippen LogP contribution in [0.5, 0.6) is 0 Å². The Labute approximate surface area is 143 Å². The highest BCUT2D eigenvalue weighted by Gasteiger charge is 2.16. The number of nitrogens with zero attached hydrogens (tertiary/aromatic N) is 1. The van der Waals surface area contributed by atoms with Crippen molar-refractivity contribution in [2.75, 3.05) is 13.6 Å². The summed E-state index contributed by atoms with van der Waals surface area (Å²) in [6.07, 6.45) is 0.763. The SMILES string of the molecule is CC(C)C(N)CCN(C)C(=O)c1cccc2cc(F)ccc12.Cl. The van der Waals surface area contributed by atoms with Crippen molar-refractivity contribution < 1.29 is 9.18 Å². The summed E-state index contributed by atoms with van der Waals surface area (Å²) in [6, 6.07) is 9.94. The minimum Gasteiger partial charge on any atom is -0.342 e. The lowest BCUT2D eigenvalue weighted by Crippen LogP contribution is -2.34. The van der Waals surface area contributed by atoms with E-state index in [0.29, 0.717) is 18.0 Å². The van der Waals surface area contributed by atoms with Gasteiger partial charge in [-0.3, -0.25) is 4.79 Å². The number of hydrogen-bond donors (Lipinski definition) is 1. The number of fused-ring (bicyclic) bond motifs is 1. The Bertz CT molecular complexity index is 675. The molecule has 1 amide bonds. The van der Waals surface area contributed by atoms with Crippen molar-refractivity contribution >= 4 is 29.1 Å². The van der Waals surface area contributed by atoms with Crippen molar-refractivity contribution in [3.8, 4) is 0 Å². The van der Waals surface area contributed by atoms with Crippen LogP contribution >= 0.6 is 12.4 Å². The first-order valence-electron chi connectivity index (χ1n) is 7.59. The summed E-state index contributed by atoms with van der Waals surface area (Å²) in [5, 5.41) is 1.51. The van der Waals surface area contributed by atoms with Crippen LogP contribution in [-0.4, -0.2) is 30.4 Å². The molecule has 0 saturated carbocycles. The molecule has 0 aromatic heterocycles. The molecule has 5 heteroatoms. The van der Waals surface area contributed by atoms with Crippen LogP contribution in [0.4, 0.5) is 4.39 Å². The quantitative estimate of drug-likeness (QED) is 0.900. The molecule has 2 aromatic carbocycles. The molecule has 0 aliphatic heterocycles. The lowest BCUT2D eigenvalue weighted by atomic mass is 10.0. The van der Waals surface area contributed by atoms with Crippen LogP contribution in [0.25, 0.3) is 10.8 Å². The van der Waals surface area contributed by atoms with Crippen molar-refractivity contribution in [1.29, 1.82) is 0 Å². The summed E-state index contributed by atoms with van der Waals surface area (Å²) in [5.74, 6) is 0.0329. The van der Waals surface area contributed by atoms with E-state index >= 15 is 0 Å². The maximum atomic E-state index is 13.3. The topological polar surface area (TPSA) is 46.3 Å². The lowest BCUT2D eigenvalue weighted by Gasteiger charge is -2.22. The number of nitrogens with two attached hydrogens (primary N) is 1. The van der Waals surface area contributed by atoms with Crippen LogP contribution in [0.3, 0.4) is 0 Å².